The molecule has 0 radical (unpaired) electrons. The zero-order chi connectivity index (χ0) is 12.9. The number of carbonyl (C=O) groups is 1. The van der Waals surface area contributed by atoms with E-state index in [9.17, 15) is 4.79 Å². The summed E-state index contributed by atoms with van der Waals surface area (Å²) in [6, 6.07) is 0. The zero-order valence-electron chi connectivity index (χ0n) is 11.7. The molecule has 3 rings (SSSR count). The van der Waals surface area contributed by atoms with Gasteiger partial charge < -0.3 is 4.74 Å². The lowest BCUT2D eigenvalue weighted by Gasteiger charge is -2.34. The van der Waals surface area contributed by atoms with E-state index in [2.05, 4.69) is 32.9 Å². The minimum Gasteiger partial charge on any atom is -0.462 e. The first-order valence-electron chi connectivity index (χ1n) is 7.49. The summed E-state index contributed by atoms with van der Waals surface area (Å²) in [4.78, 5) is 12.4. The van der Waals surface area contributed by atoms with E-state index in [0.29, 0.717) is 23.7 Å². The summed E-state index contributed by atoms with van der Waals surface area (Å²) in [5.74, 6) is 2.30. The van der Waals surface area contributed by atoms with Gasteiger partial charge in [0.25, 0.3) is 0 Å². The lowest BCUT2D eigenvalue weighted by Crippen LogP contribution is -2.38. The number of hydrogen-bond acceptors (Lipinski definition) is 2. The third-order valence-electron chi connectivity index (χ3n) is 5.76. The SMILES string of the molecule is CC[C@H](C)CC[C@]12C(=O)O[C@@H](C)[C@H]1[C@H]1C=C[C@@H]2C1. The van der Waals surface area contributed by atoms with Gasteiger partial charge in [0.15, 0.2) is 0 Å². The normalized spacial score (nSPS) is 46.3. The molecule has 2 bridgehead atoms. The number of hydrogen-bond donors (Lipinski definition) is 0. The summed E-state index contributed by atoms with van der Waals surface area (Å²) in [5, 5.41) is 0. The van der Waals surface area contributed by atoms with Crippen LogP contribution in [0.25, 0.3) is 0 Å². The van der Waals surface area contributed by atoms with Gasteiger partial charge in [0.2, 0.25) is 0 Å². The van der Waals surface area contributed by atoms with Crippen LogP contribution in [0.3, 0.4) is 0 Å². The standard InChI is InChI=1S/C16H24O2/c1-4-10(2)7-8-16-13-6-5-12(9-13)14(16)11(3)18-15(16)17/h5-6,10-14H,4,7-9H2,1-3H3/t10-,11-,12-,13+,14-,16+/m0/s1. The van der Waals surface area contributed by atoms with Gasteiger partial charge in [0.1, 0.15) is 6.10 Å². The molecule has 0 spiro atoms. The van der Waals surface area contributed by atoms with Crippen molar-refractivity contribution in [3.8, 4) is 0 Å². The minimum atomic E-state index is -0.164. The Hall–Kier alpha value is -0.790. The van der Waals surface area contributed by atoms with Crippen molar-refractivity contribution in [2.24, 2.45) is 29.1 Å². The monoisotopic (exact) mass is 248 g/mol. The zero-order valence-corrected chi connectivity index (χ0v) is 11.7. The van der Waals surface area contributed by atoms with E-state index in [1.807, 2.05) is 0 Å². The maximum atomic E-state index is 12.4. The highest BCUT2D eigenvalue weighted by atomic mass is 16.6. The summed E-state index contributed by atoms with van der Waals surface area (Å²) in [6.07, 6.45) is 9.31. The number of allylic oxidation sites excluding steroid dienone is 2. The van der Waals surface area contributed by atoms with Gasteiger partial charge >= 0.3 is 5.97 Å². The fourth-order valence-corrected chi connectivity index (χ4v) is 4.55. The second kappa shape index (κ2) is 4.11. The maximum Gasteiger partial charge on any atom is 0.313 e. The van der Waals surface area contributed by atoms with Crippen molar-refractivity contribution in [3.05, 3.63) is 12.2 Å². The number of esters is 1. The lowest BCUT2D eigenvalue weighted by molar-refractivity contribution is -0.150. The molecule has 1 heterocycles. The Morgan fingerprint density at radius 3 is 3.00 bits per heavy atom. The number of rotatable bonds is 4. The topological polar surface area (TPSA) is 26.3 Å². The lowest BCUT2D eigenvalue weighted by atomic mass is 9.65. The van der Waals surface area contributed by atoms with Crippen molar-refractivity contribution >= 4 is 5.97 Å². The van der Waals surface area contributed by atoms with Crippen LogP contribution in [0.15, 0.2) is 12.2 Å². The van der Waals surface area contributed by atoms with Crippen LogP contribution in [0.4, 0.5) is 0 Å². The Kier molecular flexibility index (Phi) is 2.80. The van der Waals surface area contributed by atoms with Gasteiger partial charge in [-0.05, 0) is 43.9 Å². The average molecular weight is 248 g/mol. The predicted octanol–water partition coefficient (Wildman–Crippen LogP) is 3.57. The fourth-order valence-electron chi connectivity index (χ4n) is 4.55. The van der Waals surface area contributed by atoms with Crippen LogP contribution < -0.4 is 0 Å². The molecular formula is C16H24O2. The second-order valence-electron chi connectivity index (χ2n) is 6.62. The van der Waals surface area contributed by atoms with Gasteiger partial charge in [-0.3, -0.25) is 4.79 Å². The molecule has 3 aliphatic rings. The highest BCUT2D eigenvalue weighted by Crippen LogP contribution is 2.63. The molecule has 2 nitrogen and oxygen atoms in total. The van der Waals surface area contributed by atoms with Crippen molar-refractivity contribution in [3.63, 3.8) is 0 Å². The Morgan fingerprint density at radius 2 is 2.28 bits per heavy atom. The molecule has 100 valence electrons. The fraction of sp³-hybridized carbons (Fsp3) is 0.812. The molecule has 0 aromatic heterocycles. The Labute approximate surface area is 110 Å². The van der Waals surface area contributed by atoms with Gasteiger partial charge in [-0.15, -0.1) is 0 Å². The summed E-state index contributed by atoms with van der Waals surface area (Å²) in [7, 11) is 0. The molecule has 18 heavy (non-hydrogen) atoms. The highest BCUT2D eigenvalue weighted by molar-refractivity contribution is 5.81. The molecule has 0 aromatic rings. The van der Waals surface area contributed by atoms with Crippen LogP contribution in [0.5, 0.6) is 0 Å². The van der Waals surface area contributed by atoms with E-state index in [0.717, 1.165) is 12.8 Å². The largest absolute Gasteiger partial charge is 0.462 e. The van der Waals surface area contributed by atoms with Crippen molar-refractivity contribution in [1.29, 1.82) is 0 Å². The molecular weight excluding hydrogens is 224 g/mol. The molecule has 2 fully saturated rings. The van der Waals surface area contributed by atoms with Crippen LogP contribution >= 0.6 is 0 Å². The number of ether oxygens (including phenoxy) is 1. The van der Waals surface area contributed by atoms with Gasteiger partial charge in [-0.2, -0.15) is 0 Å². The first kappa shape index (κ1) is 12.3. The Balaban J connectivity index is 1.86. The highest BCUT2D eigenvalue weighted by Gasteiger charge is 2.66. The Morgan fingerprint density at radius 1 is 1.50 bits per heavy atom. The predicted molar refractivity (Wildman–Crippen MR) is 70.9 cm³/mol. The van der Waals surface area contributed by atoms with Crippen LogP contribution in [0.1, 0.15) is 46.5 Å². The molecule has 0 aromatic carbocycles. The first-order valence-corrected chi connectivity index (χ1v) is 7.49. The van der Waals surface area contributed by atoms with E-state index in [4.69, 9.17) is 4.74 Å². The smallest absolute Gasteiger partial charge is 0.313 e. The minimum absolute atomic E-state index is 0.0974. The maximum absolute atomic E-state index is 12.4. The van der Waals surface area contributed by atoms with Crippen LogP contribution in [-0.2, 0) is 9.53 Å². The average Bonchev–Trinajstić information content (AvgIpc) is 2.99. The molecule has 0 N–H and O–H groups in total. The first-order chi connectivity index (χ1) is 8.59. The molecule has 0 unspecified atom stereocenters. The molecule has 1 saturated carbocycles. The third-order valence-corrected chi connectivity index (χ3v) is 5.76. The second-order valence-corrected chi connectivity index (χ2v) is 6.62. The van der Waals surface area contributed by atoms with E-state index >= 15 is 0 Å². The molecule has 2 heteroatoms. The molecule has 0 amide bonds. The van der Waals surface area contributed by atoms with Crippen molar-refractivity contribution in [1.82, 2.24) is 0 Å². The number of carbonyl (C=O) groups excluding carboxylic acids is 1. The quantitative estimate of drug-likeness (QED) is 0.561. The number of fused-ring (bicyclic) bond motifs is 5. The van der Waals surface area contributed by atoms with E-state index in [-0.39, 0.29) is 17.5 Å². The van der Waals surface area contributed by atoms with Gasteiger partial charge in [-0.25, -0.2) is 0 Å². The van der Waals surface area contributed by atoms with Crippen LogP contribution in [-0.4, -0.2) is 12.1 Å². The Bertz CT molecular complexity index is 387. The summed E-state index contributed by atoms with van der Waals surface area (Å²) in [5.41, 5.74) is -0.164. The molecule has 2 aliphatic carbocycles. The molecule has 1 aliphatic heterocycles. The van der Waals surface area contributed by atoms with Crippen molar-refractivity contribution < 1.29 is 9.53 Å². The van der Waals surface area contributed by atoms with Crippen molar-refractivity contribution in [2.75, 3.05) is 0 Å². The van der Waals surface area contributed by atoms with Gasteiger partial charge in [0, 0.05) is 5.92 Å². The van der Waals surface area contributed by atoms with Gasteiger partial charge in [0.05, 0.1) is 5.41 Å². The third kappa shape index (κ3) is 1.44. The molecule has 1 saturated heterocycles. The van der Waals surface area contributed by atoms with Gasteiger partial charge in [-0.1, -0.05) is 32.4 Å². The molecule has 6 atom stereocenters. The van der Waals surface area contributed by atoms with E-state index < -0.39 is 0 Å². The summed E-state index contributed by atoms with van der Waals surface area (Å²) >= 11 is 0. The van der Waals surface area contributed by atoms with Crippen LogP contribution in [0, 0.1) is 29.1 Å². The van der Waals surface area contributed by atoms with Crippen LogP contribution in [0.2, 0.25) is 0 Å². The van der Waals surface area contributed by atoms with E-state index in [1.54, 1.807) is 0 Å². The summed E-state index contributed by atoms with van der Waals surface area (Å²) in [6.45, 7) is 6.61. The summed E-state index contributed by atoms with van der Waals surface area (Å²) < 4.78 is 5.60. The van der Waals surface area contributed by atoms with Crippen molar-refractivity contribution in [2.45, 2.75) is 52.6 Å². The number of cyclic esters (lactones) is 1. The van der Waals surface area contributed by atoms with E-state index in [1.165, 1.54) is 12.8 Å².